The van der Waals surface area contributed by atoms with E-state index in [-0.39, 0.29) is 5.91 Å². The maximum Gasteiger partial charge on any atom is 0.220 e. The maximum absolute atomic E-state index is 11.6. The number of rotatable bonds is 6. The highest BCUT2D eigenvalue weighted by Gasteiger charge is 2.07. The van der Waals surface area contributed by atoms with E-state index < -0.39 is 0 Å². The zero-order valence-corrected chi connectivity index (χ0v) is 11.0. The fraction of sp³-hybridized carbons (Fsp3) is 0.357. The molecule has 2 aromatic rings. The summed E-state index contributed by atoms with van der Waals surface area (Å²) in [5, 5.41) is 10.8. The Hall–Kier alpha value is -2.17. The lowest BCUT2D eigenvalue weighted by atomic mass is 10.2. The Balaban J connectivity index is 1.99. The molecule has 0 atom stereocenters. The molecule has 5 nitrogen and oxygen atoms in total. The Labute approximate surface area is 112 Å². The number of unbranched alkanes of at least 4 members (excludes halogenated alkanes) is 1. The zero-order chi connectivity index (χ0) is 13.5. The zero-order valence-electron chi connectivity index (χ0n) is 11.0. The topological polar surface area (TPSA) is 59.8 Å². The maximum atomic E-state index is 11.6. The molecule has 0 saturated heterocycles. The Kier molecular flexibility index (Phi) is 4.66. The molecule has 2 rings (SSSR count). The van der Waals surface area contributed by atoms with Crippen LogP contribution in [0, 0.1) is 0 Å². The highest BCUT2D eigenvalue weighted by atomic mass is 16.1. The third kappa shape index (κ3) is 3.64. The molecule has 1 aromatic heterocycles. The van der Waals surface area contributed by atoms with Crippen molar-refractivity contribution in [1.82, 2.24) is 20.1 Å². The van der Waals surface area contributed by atoms with E-state index in [1.165, 1.54) is 0 Å². The minimum atomic E-state index is 0.0597. The lowest BCUT2D eigenvalue weighted by molar-refractivity contribution is -0.121. The van der Waals surface area contributed by atoms with Gasteiger partial charge in [-0.15, -0.1) is 10.2 Å². The average molecular weight is 258 g/mol. The summed E-state index contributed by atoms with van der Waals surface area (Å²) < 4.78 is 1.88. The molecule has 0 bridgehead atoms. The van der Waals surface area contributed by atoms with E-state index in [1.807, 2.05) is 34.9 Å². The third-order valence-electron chi connectivity index (χ3n) is 2.85. The Morgan fingerprint density at radius 2 is 2.11 bits per heavy atom. The van der Waals surface area contributed by atoms with Crippen LogP contribution in [0.25, 0.3) is 5.69 Å². The molecule has 19 heavy (non-hydrogen) atoms. The van der Waals surface area contributed by atoms with Crippen LogP contribution in [-0.4, -0.2) is 20.7 Å². The van der Waals surface area contributed by atoms with Gasteiger partial charge in [0.05, 0.1) is 6.54 Å². The molecular formula is C14H18N4O. The van der Waals surface area contributed by atoms with Crippen LogP contribution in [0.3, 0.4) is 0 Å². The molecule has 0 radical (unpaired) electrons. The van der Waals surface area contributed by atoms with Gasteiger partial charge >= 0.3 is 0 Å². The first-order chi connectivity index (χ1) is 9.31. The SMILES string of the molecule is CCCCC(=O)NCc1nncn1-c1ccccc1. The van der Waals surface area contributed by atoms with E-state index in [0.717, 1.165) is 24.4 Å². The van der Waals surface area contributed by atoms with Gasteiger partial charge in [-0.3, -0.25) is 9.36 Å². The molecule has 1 amide bonds. The van der Waals surface area contributed by atoms with Crippen molar-refractivity contribution in [2.45, 2.75) is 32.7 Å². The number of benzene rings is 1. The van der Waals surface area contributed by atoms with Crippen LogP contribution >= 0.6 is 0 Å². The normalized spacial score (nSPS) is 10.4. The second-order valence-corrected chi connectivity index (χ2v) is 4.33. The summed E-state index contributed by atoms with van der Waals surface area (Å²) in [6.07, 6.45) is 4.16. The standard InChI is InChI=1S/C14H18N4O/c1-2-3-9-14(19)15-10-13-17-16-11-18(13)12-7-5-4-6-8-12/h4-8,11H,2-3,9-10H2,1H3,(H,15,19). The van der Waals surface area contributed by atoms with Gasteiger partial charge in [0.1, 0.15) is 6.33 Å². The minimum absolute atomic E-state index is 0.0597. The summed E-state index contributed by atoms with van der Waals surface area (Å²) >= 11 is 0. The monoisotopic (exact) mass is 258 g/mol. The van der Waals surface area contributed by atoms with Gasteiger partial charge in [0.15, 0.2) is 5.82 Å². The minimum Gasteiger partial charge on any atom is -0.349 e. The van der Waals surface area contributed by atoms with Gasteiger partial charge in [0.2, 0.25) is 5.91 Å². The summed E-state index contributed by atoms with van der Waals surface area (Å²) in [5.74, 6) is 0.792. The first kappa shape index (κ1) is 13.3. The van der Waals surface area contributed by atoms with Crippen molar-refractivity contribution < 1.29 is 4.79 Å². The number of hydrogen-bond acceptors (Lipinski definition) is 3. The van der Waals surface area contributed by atoms with Crippen molar-refractivity contribution in [2.75, 3.05) is 0 Å². The molecule has 1 N–H and O–H groups in total. The van der Waals surface area contributed by atoms with Gasteiger partial charge in [-0.1, -0.05) is 31.5 Å². The second-order valence-electron chi connectivity index (χ2n) is 4.33. The van der Waals surface area contributed by atoms with Crippen LogP contribution in [0.2, 0.25) is 0 Å². The van der Waals surface area contributed by atoms with Crippen LogP contribution in [-0.2, 0) is 11.3 Å². The summed E-state index contributed by atoms with van der Waals surface area (Å²) in [7, 11) is 0. The quantitative estimate of drug-likeness (QED) is 0.863. The summed E-state index contributed by atoms with van der Waals surface area (Å²) in [6, 6.07) is 9.83. The number of amides is 1. The van der Waals surface area contributed by atoms with Gasteiger partial charge in [-0.25, -0.2) is 0 Å². The Bertz CT molecular complexity index is 521. The molecule has 5 heteroatoms. The van der Waals surface area contributed by atoms with Crippen LogP contribution in [0.15, 0.2) is 36.7 Å². The van der Waals surface area contributed by atoms with Crippen molar-refractivity contribution in [3.8, 4) is 5.69 Å². The third-order valence-corrected chi connectivity index (χ3v) is 2.85. The molecular weight excluding hydrogens is 240 g/mol. The fourth-order valence-corrected chi connectivity index (χ4v) is 1.79. The van der Waals surface area contributed by atoms with Gasteiger partial charge in [0.25, 0.3) is 0 Å². The largest absolute Gasteiger partial charge is 0.349 e. The molecule has 1 heterocycles. The predicted octanol–water partition coefficient (Wildman–Crippen LogP) is 2.07. The molecule has 0 saturated carbocycles. The van der Waals surface area contributed by atoms with Crippen molar-refractivity contribution in [3.05, 3.63) is 42.5 Å². The number of nitrogens with one attached hydrogen (secondary N) is 1. The van der Waals surface area contributed by atoms with E-state index in [1.54, 1.807) is 6.33 Å². The van der Waals surface area contributed by atoms with Crippen molar-refractivity contribution in [2.24, 2.45) is 0 Å². The van der Waals surface area contributed by atoms with Crippen LogP contribution in [0.5, 0.6) is 0 Å². The number of para-hydroxylation sites is 1. The molecule has 0 aliphatic carbocycles. The number of carbonyl (C=O) groups is 1. The molecule has 1 aromatic carbocycles. The highest BCUT2D eigenvalue weighted by molar-refractivity contribution is 5.75. The average Bonchev–Trinajstić information content (AvgIpc) is 2.92. The lowest BCUT2D eigenvalue weighted by Crippen LogP contribution is -2.24. The fourth-order valence-electron chi connectivity index (χ4n) is 1.79. The second kappa shape index (κ2) is 6.68. The molecule has 0 spiro atoms. The molecule has 100 valence electrons. The van der Waals surface area contributed by atoms with E-state index >= 15 is 0 Å². The van der Waals surface area contributed by atoms with Gasteiger partial charge in [-0.05, 0) is 18.6 Å². The summed E-state index contributed by atoms with van der Waals surface area (Å²) in [6.45, 7) is 2.47. The Morgan fingerprint density at radius 3 is 2.84 bits per heavy atom. The van der Waals surface area contributed by atoms with Crippen molar-refractivity contribution in [3.63, 3.8) is 0 Å². The number of aromatic nitrogens is 3. The van der Waals surface area contributed by atoms with Gasteiger partial charge in [0, 0.05) is 12.1 Å². The predicted molar refractivity (Wildman–Crippen MR) is 72.7 cm³/mol. The van der Waals surface area contributed by atoms with Crippen molar-refractivity contribution in [1.29, 1.82) is 0 Å². The molecule has 0 aliphatic heterocycles. The number of hydrogen-bond donors (Lipinski definition) is 1. The smallest absolute Gasteiger partial charge is 0.220 e. The van der Waals surface area contributed by atoms with Crippen LogP contribution in [0.1, 0.15) is 32.0 Å². The molecule has 0 aliphatic rings. The number of nitrogens with zero attached hydrogens (tertiary/aromatic N) is 3. The number of carbonyl (C=O) groups excluding carboxylic acids is 1. The summed E-state index contributed by atoms with van der Waals surface area (Å²) in [4.78, 5) is 11.6. The first-order valence-corrected chi connectivity index (χ1v) is 6.52. The Morgan fingerprint density at radius 1 is 1.32 bits per heavy atom. The van der Waals surface area contributed by atoms with E-state index in [0.29, 0.717) is 13.0 Å². The van der Waals surface area contributed by atoms with Crippen molar-refractivity contribution >= 4 is 5.91 Å². The summed E-state index contributed by atoms with van der Waals surface area (Å²) in [5.41, 5.74) is 0.991. The van der Waals surface area contributed by atoms with Crippen LogP contribution < -0.4 is 5.32 Å². The van der Waals surface area contributed by atoms with E-state index in [2.05, 4.69) is 22.4 Å². The van der Waals surface area contributed by atoms with E-state index in [9.17, 15) is 4.79 Å². The first-order valence-electron chi connectivity index (χ1n) is 6.52. The molecule has 0 unspecified atom stereocenters. The lowest BCUT2D eigenvalue weighted by Gasteiger charge is -2.07. The highest BCUT2D eigenvalue weighted by Crippen LogP contribution is 2.08. The van der Waals surface area contributed by atoms with Crippen LogP contribution in [0.4, 0.5) is 0 Å². The van der Waals surface area contributed by atoms with E-state index in [4.69, 9.17) is 0 Å². The molecule has 0 fully saturated rings. The van der Waals surface area contributed by atoms with Gasteiger partial charge in [-0.2, -0.15) is 0 Å². The van der Waals surface area contributed by atoms with Gasteiger partial charge < -0.3 is 5.32 Å².